The fraction of sp³-hybridized carbons (Fsp3) is 0.250. The Bertz CT molecular complexity index is 546. The molecule has 0 unspecified atom stereocenters. The van der Waals surface area contributed by atoms with Crippen LogP contribution in [-0.2, 0) is 0 Å². The van der Waals surface area contributed by atoms with E-state index in [1.165, 1.54) is 12.5 Å². The maximum Gasteiger partial charge on any atom is 0.196 e. The molecule has 0 aromatic carbocycles. The fourth-order valence-electron chi connectivity index (χ4n) is 1.48. The maximum atomic E-state index is 11.3. The normalized spacial score (nSPS) is 10.4. The van der Waals surface area contributed by atoms with Gasteiger partial charge in [0.05, 0.1) is 10.6 Å². The Hall–Kier alpha value is -1.55. The predicted molar refractivity (Wildman–Crippen MR) is 64.8 cm³/mol. The topological polar surface area (TPSA) is 42.9 Å². The summed E-state index contributed by atoms with van der Waals surface area (Å²) in [5.41, 5.74) is 2.84. The lowest BCUT2D eigenvalue weighted by Gasteiger charge is -2.03. The molecule has 2 aromatic heterocycles. The SMILES string of the molecule is CC(=O)c1nc(C)cc(-c2sccc2C)n1. The molecule has 3 nitrogen and oxygen atoms in total. The number of carbonyl (C=O) groups is 1. The van der Waals surface area contributed by atoms with Crippen molar-refractivity contribution in [3.05, 3.63) is 34.6 Å². The highest BCUT2D eigenvalue weighted by Gasteiger charge is 2.10. The van der Waals surface area contributed by atoms with Crippen molar-refractivity contribution in [1.82, 2.24) is 9.97 Å². The number of hydrogen-bond donors (Lipinski definition) is 0. The number of Topliss-reactive ketones (excluding diaryl/α,β-unsaturated/α-hetero) is 1. The molecule has 82 valence electrons. The van der Waals surface area contributed by atoms with Crippen LogP contribution in [0.25, 0.3) is 10.6 Å². The minimum atomic E-state index is -0.0980. The Morgan fingerprint density at radius 3 is 2.62 bits per heavy atom. The van der Waals surface area contributed by atoms with E-state index in [0.29, 0.717) is 5.82 Å². The van der Waals surface area contributed by atoms with Gasteiger partial charge in [-0.05, 0) is 36.9 Å². The maximum absolute atomic E-state index is 11.3. The molecule has 0 aliphatic carbocycles. The lowest BCUT2D eigenvalue weighted by molar-refractivity contribution is 0.100. The van der Waals surface area contributed by atoms with Crippen LogP contribution in [0, 0.1) is 13.8 Å². The molecule has 0 saturated heterocycles. The monoisotopic (exact) mass is 232 g/mol. The van der Waals surface area contributed by atoms with Crippen LogP contribution in [0.4, 0.5) is 0 Å². The van der Waals surface area contributed by atoms with Gasteiger partial charge in [0.15, 0.2) is 11.6 Å². The van der Waals surface area contributed by atoms with Gasteiger partial charge in [-0.25, -0.2) is 9.97 Å². The number of rotatable bonds is 2. The molecule has 0 fully saturated rings. The van der Waals surface area contributed by atoms with Crippen molar-refractivity contribution in [2.45, 2.75) is 20.8 Å². The molecular formula is C12H12N2OS. The quantitative estimate of drug-likeness (QED) is 0.747. The van der Waals surface area contributed by atoms with Crippen molar-refractivity contribution in [1.29, 1.82) is 0 Å². The second-order valence-electron chi connectivity index (χ2n) is 3.71. The highest BCUT2D eigenvalue weighted by Crippen LogP contribution is 2.27. The molecule has 0 N–H and O–H groups in total. The molecule has 0 amide bonds. The lowest BCUT2D eigenvalue weighted by atomic mass is 10.2. The molecule has 0 aliphatic heterocycles. The summed E-state index contributed by atoms with van der Waals surface area (Å²) in [6, 6.07) is 3.95. The average Bonchev–Trinajstić information content (AvgIpc) is 2.63. The van der Waals surface area contributed by atoms with E-state index in [0.717, 1.165) is 16.3 Å². The smallest absolute Gasteiger partial charge is 0.196 e. The molecule has 0 atom stereocenters. The van der Waals surface area contributed by atoms with Gasteiger partial charge in [0.2, 0.25) is 0 Å². The van der Waals surface area contributed by atoms with Crippen LogP contribution in [0.1, 0.15) is 28.8 Å². The highest BCUT2D eigenvalue weighted by molar-refractivity contribution is 7.13. The van der Waals surface area contributed by atoms with Crippen LogP contribution in [-0.4, -0.2) is 15.8 Å². The Balaban J connectivity index is 2.58. The molecular weight excluding hydrogens is 220 g/mol. The number of nitrogens with zero attached hydrogens (tertiary/aromatic N) is 2. The first-order valence-electron chi connectivity index (χ1n) is 4.99. The molecule has 0 saturated carbocycles. The summed E-state index contributed by atoms with van der Waals surface area (Å²) in [7, 11) is 0. The Morgan fingerprint density at radius 1 is 1.31 bits per heavy atom. The molecule has 0 bridgehead atoms. The minimum Gasteiger partial charge on any atom is -0.291 e. The van der Waals surface area contributed by atoms with E-state index in [1.54, 1.807) is 11.3 Å². The Kier molecular flexibility index (Phi) is 2.83. The minimum absolute atomic E-state index is 0.0980. The first-order valence-corrected chi connectivity index (χ1v) is 5.87. The predicted octanol–water partition coefficient (Wildman–Crippen LogP) is 3.02. The molecule has 16 heavy (non-hydrogen) atoms. The van der Waals surface area contributed by atoms with Crippen LogP contribution in [0.15, 0.2) is 17.5 Å². The summed E-state index contributed by atoms with van der Waals surface area (Å²) in [5.74, 6) is 0.196. The zero-order valence-corrected chi connectivity index (χ0v) is 10.3. The van der Waals surface area contributed by atoms with E-state index in [2.05, 4.69) is 9.97 Å². The summed E-state index contributed by atoms with van der Waals surface area (Å²) in [6.07, 6.45) is 0. The zero-order valence-electron chi connectivity index (χ0n) is 9.44. The van der Waals surface area contributed by atoms with Crippen molar-refractivity contribution in [3.63, 3.8) is 0 Å². The van der Waals surface area contributed by atoms with Gasteiger partial charge in [0.1, 0.15) is 0 Å². The summed E-state index contributed by atoms with van der Waals surface area (Å²) in [6.45, 7) is 5.40. The van der Waals surface area contributed by atoms with Gasteiger partial charge >= 0.3 is 0 Å². The first-order chi connectivity index (χ1) is 7.58. The highest BCUT2D eigenvalue weighted by atomic mass is 32.1. The van der Waals surface area contributed by atoms with E-state index in [1.807, 2.05) is 31.4 Å². The molecule has 2 heterocycles. The number of thiophene rings is 1. The lowest BCUT2D eigenvalue weighted by Crippen LogP contribution is -2.03. The number of ketones is 1. The van der Waals surface area contributed by atoms with Crippen LogP contribution < -0.4 is 0 Å². The number of hydrogen-bond acceptors (Lipinski definition) is 4. The van der Waals surface area contributed by atoms with Crippen molar-refractivity contribution in [2.75, 3.05) is 0 Å². The summed E-state index contributed by atoms with van der Waals surface area (Å²) in [5, 5.41) is 2.02. The third-order valence-electron chi connectivity index (χ3n) is 2.26. The zero-order chi connectivity index (χ0) is 11.7. The van der Waals surface area contributed by atoms with Gasteiger partial charge in [0.25, 0.3) is 0 Å². The van der Waals surface area contributed by atoms with Crippen LogP contribution >= 0.6 is 11.3 Å². The van der Waals surface area contributed by atoms with E-state index in [4.69, 9.17) is 0 Å². The van der Waals surface area contributed by atoms with Crippen molar-refractivity contribution >= 4 is 17.1 Å². The van der Waals surface area contributed by atoms with Crippen LogP contribution in [0.5, 0.6) is 0 Å². The van der Waals surface area contributed by atoms with Crippen molar-refractivity contribution in [2.24, 2.45) is 0 Å². The number of aryl methyl sites for hydroxylation is 2. The van der Waals surface area contributed by atoms with Gasteiger partial charge in [-0.15, -0.1) is 11.3 Å². The summed E-state index contributed by atoms with van der Waals surface area (Å²) < 4.78 is 0. The molecule has 2 rings (SSSR count). The fourth-order valence-corrected chi connectivity index (χ4v) is 2.36. The Morgan fingerprint density at radius 2 is 2.06 bits per heavy atom. The van der Waals surface area contributed by atoms with Gasteiger partial charge in [-0.2, -0.15) is 0 Å². The van der Waals surface area contributed by atoms with Crippen molar-refractivity contribution in [3.8, 4) is 10.6 Å². The number of carbonyl (C=O) groups excluding carboxylic acids is 1. The molecule has 4 heteroatoms. The van der Waals surface area contributed by atoms with Crippen LogP contribution in [0.2, 0.25) is 0 Å². The van der Waals surface area contributed by atoms with Gasteiger partial charge in [-0.1, -0.05) is 0 Å². The largest absolute Gasteiger partial charge is 0.291 e. The third kappa shape index (κ3) is 2.02. The van der Waals surface area contributed by atoms with Crippen molar-refractivity contribution < 1.29 is 4.79 Å². The average molecular weight is 232 g/mol. The molecule has 0 spiro atoms. The van der Waals surface area contributed by atoms with E-state index < -0.39 is 0 Å². The summed E-state index contributed by atoms with van der Waals surface area (Å²) >= 11 is 1.63. The summed E-state index contributed by atoms with van der Waals surface area (Å²) in [4.78, 5) is 20.8. The van der Waals surface area contributed by atoms with Crippen LogP contribution in [0.3, 0.4) is 0 Å². The van der Waals surface area contributed by atoms with Gasteiger partial charge in [-0.3, -0.25) is 4.79 Å². The standard InChI is InChI=1S/C12H12N2OS/c1-7-4-5-16-11(7)10-6-8(2)13-12(14-10)9(3)15/h4-6H,1-3H3. The Labute approximate surface area is 98.2 Å². The molecule has 2 aromatic rings. The van der Waals surface area contributed by atoms with E-state index in [-0.39, 0.29) is 5.78 Å². The van der Waals surface area contributed by atoms with E-state index >= 15 is 0 Å². The number of aromatic nitrogens is 2. The third-order valence-corrected chi connectivity index (χ3v) is 3.30. The molecule has 0 aliphatic rings. The van der Waals surface area contributed by atoms with E-state index in [9.17, 15) is 4.79 Å². The van der Waals surface area contributed by atoms with Gasteiger partial charge < -0.3 is 0 Å². The second kappa shape index (κ2) is 4.14. The van der Waals surface area contributed by atoms with Gasteiger partial charge in [0, 0.05) is 12.6 Å². The molecule has 0 radical (unpaired) electrons. The first kappa shape index (κ1) is 11.0. The second-order valence-corrected chi connectivity index (χ2v) is 4.62.